The van der Waals surface area contributed by atoms with Crippen LogP contribution in [-0.4, -0.2) is 22.9 Å². The number of aliphatic hydroxyl groups excluding tert-OH is 2. The van der Waals surface area contributed by atoms with Gasteiger partial charge in [-0.15, -0.1) is 6.58 Å². The summed E-state index contributed by atoms with van der Waals surface area (Å²) in [5.41, 5.74) is 0.946. The fourth-order valence-electron chi connectivity index (χ4n) is 0.683. The third kappa shape index (κ3) is 5.83. The van der Waals surface area contributed by atoms with Crippen molar-refractivity contribution in [1.82, 2.24) is 0 Å². The van der Waals surface area contributed by atoms with E-state index in [-0.39, 0.29) is 6.61 Å². The Hall–Kier alpha value is -0.600. The van der Waals surface area contributed by atoms with Gasteiger partial charge in [0.2, 0.25) is 0 Å². The van der Waals surface area contributed by atoms with Gasteiger partial charge >= 0.3 is 0 Å². The SMILES string of the molecule is C=CC(O)CC/C=C(\C)CO. The molecule has 0 saturated heterocycles. The van der Waals surface area contributed by atoms with Gasteiger partial charge in [0, 0.05) is 0 Å². The van der Waals surface area contributed by atoms with Gasteiger partial charge in [-0.1, -0.05) is 17.7 Å². The molecule has 0 radical (unpaired) electrons. The molecule has 2 N–H and O–H groups in total. The molecule has 0 aliphatic rings. The van der Waals surface area contributed by atoms with E-state index in [0.29, 0.717) is 6.42 Å². The third-order valence-corrected chi connectivity index (χ3v) is 1.48. The van der Waals surface area contributed by atoms with Crippen LogP contribution < -0.4 is 0 Å². The first-order valence-electron chi connectivity index (χ1n) is 3.77. The smallest absolute Gasteiger partial charge is 0.0721 e. The molecule has 0 amide bonds. The van der Waals surface area contributed by atoms with Crippen molar-refractivity contribution < 1.29 is 10.2 Å². The lowest BCUT2D eigenvalue weighted by Crippen LogP contribution is -1.99. The summed E-state index contributed by atoms with van der Waals surface area (Å²) < 4.78 is 0. The summed E-state index contributed by atoms with van der Waals surface area (Å²) in [6.45, 7) is 5.42. The van der Waals surface area contributed by atoms with Crippen LogP contribution in [-0.2, 0) is 0 Å². The van der Waals surface area contributed by atoms with Crippen molar-refractivity contribution in [2.24, 2.45) is 0 Å². The number of hydrogen-bond acceptors (Lipinski definition) is 2. The summed E-state index contributed by atoms with van der Waals surface area (Å²) >= 11 is 0. The minimum absolute atomic E-state index is 0.101. The molecular weight excluding hydrogens is 140 g/mol. The normalized spacial score (nSPS) is 14.6. The van der Waals surface area contributed by atoms with E-state index < -0.39 is 6.10 Å². The van der Waals surface area contributed by atoms with E-state index in [1.165, 1.54) is 6.08 Å². The Balaban J connectivity index is 3.47. The van der Waals surface area contributed by atoms with Crippen molar-refractivity contribution in [3.8, 4) is 0 Å². The van der Waals surface area contributed by atoms with Crippen molar-refractivity contribution in [2.75, 3.05) is 6.61 Å². The summed E-state index contributed by atoms with van der Waals surface area (Å²) in [5, 5.41) is 17.6. The summed E-state index contributed by atoms with van der Waals surface area (Å²) in [5.74, 6) is 0. The van der Waals surface area contributed by atoms with Crippen molar-refractivity contribution in [1.29, 1.82) is 0 Å². The predicted molar refractivity (Wildman–Crippen MR) is 46.3 cm³/mol. The van der Waals surface area contributed by atoms with Crippen molar-refractivity contribution in [2.45, 2.75) is 25.9 Å². The third-order valence-electron chi connectivity index (χ3n) is 1.48. The maximum Gasteiger partial charge on any atom is 0.0721 e. The zero-order valence-corrected chi connectivity index (χ0v) is 6.95. The van der Waals surface area contributed by atoms with Gasteiger partial charge in [0.1, 0.15) is 0 Å². The zero-order chi connectivity index (χ0) is 8.69. The second kappa shape index (κ2) is 6.13. The van der Waals surface area contributed by atoms with Crippen LogP contribution in [0.1, 0.15) is 19.8 Å². The Bertz CT molecular complexity index is 138. The first kappa shape index (κ1) is 10.4. The molecule has 0 heterocycles. The standard InChI is InChI=1S/C9H16O2/c1-3-9(11)6-4-5-8(2)7-10/h3,5,9-11H,1,4,6-7H2,2H3/b8-5+. The highest BCUT2D eigenvalue weighted by atomic mass is 16.3. The van der Waals surface area contributed by atoms with Crippen molar-refractivity contribution >= 4 is 0 Å². The van der Waals surface area contributed by atoms with Crippen LogP contribution >= 0.6 is 0 Å². The van der Waals surface area contributed by atoms with E-state index in [1.54, 1.807) is 0 Å². The lowest BCUT2D eigenvalue weighted by Gasteiger charge is -2.01. The molecule has 64 valence electrons. The average molecular weight is 156 g/mol. The molecule has 0 aromatic heterocycles. The van der Waals surface area contributed by atoms with Gasteiger partial charge in [-0.05, 0) is 19.8 Å². The highest BCUT2D eigenvalue weighted by Gasteiger charge is 1.94. The van der Waals surface area contributed by atoms with Gasteiger partial charge in [0.15, 0.2) is 0 Å². The molecule has 0 aromatic carbocycles. The highest BCUT2D eigenvalue weighted by molar-refractivity contribution is 4.98. The van der Waals surface area contributed by atoms with Gasteiger partial charge in [-0.2, -0.15) is 0 Å². The van der Waals surface area contributed by atoms with Crippen LogP contribution in [0.25, 0.3) is 0 Å². The van der Waals surface area contributed by atoms with Crippen LogP contribution in [0.5, 0.6) is 0 Å². The van der Waals surface area contributed by atoms with Crippen molar-refractivity contribution in [3.05, 3.63) is 24.3 Å². The molecule has 2 nitrogen and oxygen atoms in total. The van der Waals surface area contributed by atoms with Gasteiger partial charge in [0.05, 0.1) is 12.7 Å². The average Bonchev–Trinajstić information content (AvgIpc) is 2.04. The minimum atomic E-state index is -0.419. The zero-order valence-electron chi connectivity index (χ0n) is 6.95. The Morgan fingerprint density at radius 1 is 1.64 bits per heavy atom. The second-order valence-corrected chi connectivity index (χ2v) is 2.59. The molecule has 2 heteroatoms. The summed E-state index contributed by atoms with van der Waals surface area (Å²) in [6.07, 6.45) is 4.49. The van der Waals surface area contributed by atoms with Gasteiger partial charge in [-0.25, -0.2) is 0 Å². The fourth-order valence-corrected chi connectivity index (χ4v) is 0.683. The molecule has 11 heavy (non-hydrogen) atoms. The van der Waals surface area contributed by atoms with E-state index in [9.17, 15) is 0 Å². The Labute approximate surface area is 67.9 Å². The molecule has 0 bridgehead atoms. The van der Waals surface area contributed by atoms with E-state index >= 15 is 0 Å². The Morgan fingerprint density at radius 3 is 2.73 bits per heavy atom. The minimum Gasteiger partial charge on any atom is -0.392 e. The summed E-state index contributed by atoms with van der Waals surface area (Å²) in [6, 6.07) is 0. The maximum absolute atomic E-state index is 9.03. The maximum atomic E-state index is 9.03. The van der Waals surface area contributed by atoms with Crippen LogP contribution in [0.2, 0.25) is 0 Å². The molecule has 0 rings (SSSR count). The molecule has 0 aromatic rings. The van der Waals surface area contributed by atoms with E-state index in [4.69, 9.17) is 10.2 Å². The molecule has 0 aliphatic carbocycles. The van der Waals surface area contributed by atoms with Gasteiger partial charge in [-0.3, -0.25) is 0 Å². The largest absolute Gasteiger partial charge is 0.392 e. The Kier molecular flexibility index (Phi) is 5.80. The lowest BCUT2D eigenvalue weighted by atomic mass is 10.1. The molecule has 0 saturated carbocycles. The number of hydrogen-bond donors (Lipinski definition) is 2. The van der Waals surface area contributed by atoms with Gasteiger partial charge < -0.3 is 10.2 Å². The van der Waals surface area contributed by atoms with E-state index in [2.05, 4.69) is 6.58 Å². The molecule has 1 unspecified atom stereocenters. The van der Waals surface area contributed by atoms with E-state index in [1.807, 2.05) is 13.0 Å². The monoisotopic (exact) mass is 156 g/mol. The molecular formula is C9H16O2. The Morgan fingerprint density at radius 2 is 2.27 bits per heavy atom. The van der Waals surface area contributed by atoms with Crippen LogP contribution in [0, 0.1) is 0 Å². The first-order valence-corrected chi connectivity index (χ1v) is 3.77. The number of aliphatic hydroxyl groups is 2. The van der Waals surface area contributed by atoms with Crippen molar-refractivity contribution in [3.63, 3.8) is 0 Å². The van der Waals surface area contributed by atoms with Gasteiger partial charge in [0.25, 0.3) is 0 Å². The van der Waals surface area contributed by atoms with E-state index in [0.717, 1.165) is 12.0 Å². The number of rotatable bonds is 5. The first-order chi connectivity index (χ1) is 5.20. The summed E-state index contributed by atoms with van der Waals surface area (Å²) in [4.78, 5) is 0. The quantitative estimate of drug-likeness (QED) is 0.588. The molecule has 1 atom stereocenters. The van der Waals surface area contributed by atoms with Crippen LogP contribution in [0.4, 0.5) is 0 Å². The predicted octanol–water partition coefficient (Wildman–Crippen LogP) is 1.25. The molecule has 0 aliphatic heterocycles. The van der Waals surface area contributed by atoms with Crippen LogP contribution in [0.3, 0.4) is 0 Å². The second-order valence-electron chi connectivity index (χ2n) is 2.59. The molecule has 0 spiro atoms. The summed E-state index contributed by atoms with van der Waals surface area (Å²) in [7, 11) is 0. The highest BCUT2D eigenvalue weighted by Crippen LogP contribution is 2.01. The lowest BCUT2D eigenvalue weighted by molar-refractivity contribution is 0.214. The topological polar surface area (TPSA) is 40.5 Å². The van der Waals surface area contributed by atoms with Crippen LogP contribution in [0.15, 0.2) is 24.3 Å². The number of allylic oxidation sites excluding steroid dienone is 1. The fraction of sp³-hybridized carbons (Fsp3) is 0.556. The molecule has 0 fully saturated rings.